The highest BCUT2D eigenvalue weighted by atomic mass is 35.5. The first-order valence-electron chi connectivity index (χ1n) is 8.92. The van der Waals surface area contributed by atoms with E-state index < -0.39 is 11.8 Å². The van der Waals surface area contributed by atoms with Crippen LogP contribution in [0.15, 0.2) is 54.7 Å². The van der Waals surface area contributed by atoms with Crippen molar-refractivity contribution in [1.29, 1.82) is 0 Å². The van der Waals surface area contributed by atoms with E-state index in [4.69, 9.17) is 11.6 Å². The van der Waals surface area contributed by atoms with E-state index in [1.54, 1.807) is 24.3 Å². The van der Waals surface area contributed by atoms with Crippen LogP contribution in [0.5, 0.6) is 0 Å². The van der Waals surface area contributed by atoms with Crippen LogP contribution >= 0.6 is 11.6 Å². The summed E-state index contributed by atoms with van der Waals surface area (Å²) in [5, 5.41) is 5.22. The number of nitrogens with one attached hydrogen (secondary N) is 2. The Kier molecular flexibility index (Phi) is 6.41. The Bertz CT molecular complexity index is 1060. The van der Waals surface area contributed by atoms with Gasteiger partial charge in [-0.1, -0.05) is 35.9 Å². The molecular weight excluding hydrogens is 390 g/mol. The van der Waals surface area contributed by atoms with Crippen LogP contribution in [0.25, 0.3) is 6.08 Å². The highest BCUT2D eigenvalue weighted by Gasteiger charge is 2.11. The Morgan fingerprint density at radius 3 is 2.59 bits per heavy atom. The molecular formula is C21H20ClN5O2. The van der Waals surface area contributed by atoms with Crippen molar-refractivity contribution in [1.82, 2.24) is 25.6 Å². The first-order chi connectivity index (χ1) is 14.0. The number of pyridine rings is 1. The first-order valence-corrected chi connectivity index (χ1v) is 9.30. The summed E-state index contributed by atoms with van der Waals surface area (Å²) in [5.74, 6) is -0.959. The third-order valence-electron chi connectivity index (χ3n) is 4.31. The Balaban J connectivity index is 1.64. The molecule has 0 spiro atoms. The van der Waals surface area contributed by atoms with Crippen LogP contribution in [-0.4, -0.2) is 26.6 Å². The van der Waals surface area contributed by atoms with Gasteiger partial charge in [-0.2, -0.15) is 5.10 Å². The van der Waals surface area contributed by atoms with E-state index in [2.05, 4.69) is 20.9 Å². The monoisotopic (exact) mass is 409 g/mol. The second-order valence-corrected chi connectivity index (χ2v) is 6.73. The van der Waals surface area contributed by atoms with Gasteiger partial charge in [0.05, 0.1) is 12.2 Å². The minimum absolute atomic E-state index is 0.212. The lowest BCUT2D eigenvalue weighted by molar-refractivity contribution is -0.117. The zero-order valence-corrected chi connectivity index (χ0v) is 16.8. The van der Waals surface area contributed by atoms with Crippen molar-refractivity contribution >= 4 is 29.5 Å². The average molecular weight is 410 g/mol. The van der Waals surface area contributed by atoms with Gasteiger partial charge in [-0.3, -0.25) is 30.1 Å². The number of halogens is 1. The van der Waals surface area contributed by atoms with Gasteiger partial charge >= 0.3 is 0 Å². The fourth-order valence-electron chi connectivity index (χ4n) is 2.77. The van der Waals surface area contributed by atoms with Gasteiger partial charge in [-0.05, 0) is 43.7 Å². The van der Waals surface area contributed by atoms with Crippen molar-refractivity contribution in [2.45, 2.75) is 20.4 Å². The van der Waals surface area contributed by atoms with E-state index in [0.29, 0.717) is 11.6 Å². The zero-order valence-electron chi connectivity index (χ0n) is 16.0. The fourth-order valence-corrected chi connectivity index (χ4v) is 2.97. The molecule has 7 nitrogen and oxygen atoms in total. The van der Waals surface area contributed by atoms with Crippen LogP contribution in [0.3, 0.4) is 0 Å². The molecule has 2 aromatic heterocycles. The van der Waals surface area contributed by atoms with Gasteiger partial charge in [0, 0.05) is 28.6 Å². The van der Waals surface area contributed by atoms with Crippen LogP contribution in [0.1, 0.15) is 33.0 Å². The zero-order chi connectivity index (χ0) is 20.8. The molecule has 0 radical (unpaired) electrons. The van der Waals surface area contributed by atoms with Gasteiger partial charge in [0.15, 0.2) is 0 Å². The number of rotatable bonds is 5. The smallest absolute Gasteiger partial charge is 0.268 e. The van der Waals surface area contributed by atoms with Crippen LogP contribution in [0, 0.1) is 13.8 Å². The predicted molar refractivity (Wildman–Crippen MR) is 111 cm³/mol. The molecule has 148 valence electrons. The van der Waals surface area contributed by atoms with E-state index in [1.807, 2.05) is 42.8 Å². The van der Waals surface area contributed by atoms with E-state index in [1.165, 1.54) is 12.3 Å². The highest BCUT2D eigenvalue weighted by Crippen LogP contribution is 2.20. The summed E-state index contributed by atoms with van der Waals surface area (Å²) in [7, 11) is 0. The fraction of sp³-hybridized carbons (Fsp3) is 0.143. The number of amides is 2. The van der Waals surface area contributed by atoms with Crippen molar-refractivity contribution in [3.63, 3.8) is 0 Å². The predicted octanol–water partition coefficient (Wildman–Crippen LogP) is 3.07. The van der Waals surface area contributed by atoms with E-state index >= 15 is 0 Å². The molecule has 29 heavy (non-hydrogen) atoms. The largest absolute Gasteiger partial charge is 0.288 e. The topological polar surface area (TPSA) is 88.9 Å². The van der Waals surface area contributed by atoms with Crippen molar-refractivity contribution in [3.8, 4) is 0 Å². The second kappa shape index (κ2) is 9.16. The molecule has 0 unspecified atom stereocenters. The van der Waals surface area contributed by atoms with Gasteiger partial charge in [-0.25, -0.2) is 0 Å². The van der Waals surface area contributed by atoms with Crippen molar-refractivity contribution < 1.29 is 9.59 Å². The van der Waals surface area contributed by atoms with Gasteiger partial charge in [0.1, 0.15) is 5.69 Å². The standard InChI is InChI=1S/C21H20ClN5O2/c1-14-17(15(2)27(26-14)13-16-7-3-4-8-18(16)22)10-11-20(28)24-25-21(29)19-9-5-6-12-23-19/h3-12H,13H2,1-2H3,(H,24,28)(H,25,29)/b11-10+. The average Bonchev–Trinajstić information content (AvgIpc) is 2.99. The summed E-state index contributed by atoms with van der Waals surface area (Å²) in [5.41, 5.74) is 8.36. The van der Waals surface area contributed by atoms with Gasteiger partial charge in [0.25, 0.3) is 11.8 Å². The molecule has 8 heteroatoms. The summed E-state index contributed by atoms with van der Waals surface area (Å²) in [6.45, 7) is 4.33. The Hall–Kier alpha value is -3.45. The number of hydrogen-bond donors (Lipinski definition) is 2. The molecule has 0 atom stereocenters. The van der Waals surface area contributed by atoms with Crippen LogP contribution in [0.2, 0.25) is 5.02 Å². The summed E-state index contributed by atoms with van der Waals surface area (Å²) in [6, 6.07) is 12.5. The van der Waals surface area contributed by atoms with E-state index in [0.717, 1.165) is 22.5 Å². The molecule has 2 amide bonds. The summed E-state index contributed by atoms with van der Waals surface area (Å²) < 4.78 is 1.84. The van der Waals surface area contributed by atoms with Crippen LogP contribution in [-0.2, 0) is 11.3 Å². The second-order valence-electron chi connectivity index (χ2n) is 6.33. The molecule has 0 aliphatic heterocycles. The molecule has 0 saturated heterocycles. The number of nitrogens with zero attached hydrogens (tertiary/aromatic N) is 3. The van der Waals surface area contributed by atoms with Gasteiger partial charge in [-0.15, -0.1) is 0 Å². The highest BCUT2D eigenvalue weighted by molar-refractivity contribution is 6.31. The number of aromatic nitrogens is 3. The van der Waals surface area contributed by atoms with Crippen LogP contribution < -0.4 is 10.9 Å². The molecule has 0 saturated carbocycles. The molecule has 0 bridgehead atoms. The summed E-state index contributed by atoms with van der Waals surface area (Å²) >= 11 is 6.23. The molecule has 2 heterocycles. The van der Waals surface area contributed by atoms with Gasteiger partial charge in [0.2, 0.25) is 0 Å². The van der Waals surface area contributed by atoms with Crippen molar-refractivity contribution in [3.05, 3.63) is 88.0 Å². The van der Waals surface area contributed by atoms with E-state index in [9.17, 15) is 9.59 Å². The van der Waals surface area contributed by atoms with Crippen molar-refractivity contribution in [2.75, 3.05) is 0 Å². The number of hydrogen-bond acceptors (Lipinski definition) is 4. The number of carbonyl (C=O) groups is 2. The van der Waals surface area contributed by atoms with Crippen molar-refractivity contribution in [2.24, 2.45) is 0 Å². The lowest BCUT2D eigenvalue weighted by Crippen LogP contribution is -2.41. The Morgan fingerprint density at radius 1 is 1.10 bits per heavy atom. The molecule has 0 aliphatic carbocycles. The molecule has 2 N–H and O–H groups in total. The van der Waals surface area contributed by atoms with E-state index in [-0.39, 0.29) is 5.69 Å². The Labute approximate surface area is 173 Å². The quantitative estimate of drug-likeness (QED) is 0.500. The lowest BCUT2D eigenvalue weighted by Gasteiger charge is -2.06. The maximum atomic E-state index is 12.0. The third kappa shape index (κ3) is 5.08. The number of aryl methyl sites for hydroxylation is 1. The third-order valence-corrected chi connectivity index (χ3v) is 4.68. The lowest BCUT2D eigenvalue weighted by atomic mass is 10.1. The number of hydrazine groups is 1. The summed E-state index contributed by atoms with van der Waals surface area (Å²) in [6.07, 6.45) is 4.51. The molecule has 0 aliphatic rings. The molecule has 1 aromatic carbocycles. The molecule has 3 aromatic rings. The first kappa shape index (κ1) is 20.3. The maximum Gasteiger partial charge on any atom is 0.288 e. The molecule has 3 rings (SSSR count). The maximum absolute atomic E-state index is 12.0. The SMILES string of the molecule is Cc1nn(Cc2ccccc2Cl)c(C)c1/C=C/C(=O)NNC(=O)c1ccccn1. The minimum atomic E-state index is -0.493. The minimum Gasteiger partial charge on any atom is -0.268 e. The number of carbonyl (C=O) groups excluding carboxylic acids is 2. The Morgan fingerprint density at radius 2 is 1.86 bits per heavy atom. The molecule has 0 fully saturated rings. The van der Waals surface area contributed by atoms with Gasteiger partial charge < -0.3 is 0 Å². The number of benzene rings is 1. The normalized spacial score (nSPS) is 10.9. The van der Waals surface area contributed by atoms with Crippen LogP contribution in [0.4, 0.5) is 0 Å². The summed E-state index contributed by atoms with van der Waals surface area (Å²) in [4.78, 5) is 27.9.